The van der Waals surface area contributed by atoms with E-state index in [9.17, 15) is 0 Å². The maximum atomic E-state index is 5.97. The van der Waals surface area contributed by atoms with Crippen molar-refractivity contribution >= 4 is 11.6 Å². The van der Waals surface area contributed by atoms with Crippen LogP contribution in [-0.2, 0) is 0 Å². The summed E-state index contributed by atoms with van der Waals surface area (Å²) in [5, 5.41) is 3.96. The van der Waals surface area contributed by atoms with Crippen LogP contribution >= 0.6 is 11.6 Å². The molecule has 13 heavy (non-hydrogen) atoms. The topological polar surface area (TPSA) is 12.0 Å². The van der Waals surface area contributed by atoms with Gasteiger partial charge in [0.15, 0.2) is 0 Å². The maximum Gasteiger partial charge on any atom is 0.0425 e. The van der Waals surface area contributed by atoms with Crippen molar-refractivity contribution in [1.29, 1.82) is 0 Å². The van der Waals surface area contributed by atoms with E-state index in [0.29, 0.717) is 0 Å². The molecule has 0 aromatic rings. The minimum atomic E-state index is 0.795. The molecule has 2 heteroatoms. The average molecular weight is 196 g/mol. The first-order valence-electron chi connectivity index (χ1n) is 4.25. The van der Waals surface area contributed by atoms with Gasteiger partial charge in [-0.3, -0.25) is 0 Å². The Morgan fingerprint density at radius 1 is 1.62 bits per heavy atom. The predicted octanol–water partition coefficient (Wildman–Crippen LogP) is 3.12. The zero-order valence-corrected chi connectivity index (χ0v) is 8.78. The fraction of sp³-hybridized carbons (Fsp3) is 0.273. The Hall–Kier alpha value is -0.950. The Morgan fingerprint density at radius 2 is 2.31 bits per heavy atom. The summed E-state index contributed by atoms with van der Waals surface area (Å²) in [5.41, 5.74) is 3.20. The number of halogens is 1. The van der Waals surface area contributed by atoms with Crippen molar-refractivity contribution in [2.24, 2.45) is 0 Å². The quantitative estimate of drug-likeness (QED) is 0.714. The van der Waals surface area contributed by atoms with Gasteiger partial charge < -0.3 is 5.32 Å². The van der Waals surface area contributed by atoms with Crippen LogP contribution in [0.5, 0.6) is 0 Å². The number of rotatable bonds is 2. The third kappa shape index (κ3) is 2.49. The van der Waals surface area contributed by atoms with Gasteiger partial charge in [0, 0.05) is 24.2 Å². The second-order valence-corrected chi connectivity index (χ2v) is 3.54. The first-order valence-corrected chi connectivity index (χ1v) is 4.63. The summed E-state index contributed by atoms with van der Waals surface area (Å²) in [4.78, 5) is 0. The summed E-state index contributed by atoms with van der Waals surface area (Å²) in [7, 11) is 1.89. The van der Waals surface area contributed by atoms with Gasteiger partial charge in [-0.1, -0.05) is 30.3 Å². The number of hydrogen-bond donors (Lipinski definition) is 1. The highest BCUT2D eigenvalue weighted by molar-refractivity contribution is 6.29. The lowest BCUT2D eigenvalue weighted by Gasteiger charge is -2.07. The van der Waals surface area contributed by atoms with Crippen LogP contribution < -0.4 is 5.32 Å². The van der Waals surface area contributed by atoms with Crippen LogP contribution in [0.15, 0.2) is 46.7 Å². The van der Waals surface area contributed by atoms with Gasteiger partial charge >= 0.3 is 0 Å². The summed E-state index contributed by atoms with van der Waals surface area (Å²) in [5.74, 6) is 0. The standard InChI is InChI=1S/C11H14ClN/c1-8(2)10-6-4-5-9(12)7-11(10)13-3/h4,6-7,13H,1,5H2,2-3H3. The Labute approximate surface area is 84.5 Å². The molecule has 1 aliphatic carbocycles. The molecule has 0 aromatic carbocycles. The highest BCUT2D eigenvalue weighted by Gasteiger charge is 2.05. The molecule has 0 unspecified atom stereocenters. The number of hydrogen-bond acceptors (Lipinski definition) is 1. The zero-order chi connectivity index (χ0) is 9.84. The van der Waals surface area contributed by atoms with Crippen molar-refractivity contribution in [3.63, 3.8) is 0 Å². The van der Waals surface area contributed by atoms with Crippen molar-refractivity contribution in [3.8, 4) is 0 Å². The van der Waals surface area contributed by atoms with Gasteiger partial charge in [-0.25, -0.2) is 0 Å². The van der Waals surface area contributed by atoms with Gasteiger partial charge in [0.05, 0.1) is 0 Å². The summed E-state index contributed by atoms with van der Waals surface area (Å²) in [6.45, 7) is 5.91. The molecule has 0 aliphatic heterocycles. The van der Waals surface area contributed by atoms with Gasteiger partial charge in [-0.15, -0.1) is 0 Å². The second kappa shape index (κ2) is 4.33. The fourth-order valence-corrected chi connectivity index (χ4v) is 1.45. The summed E-state index contributed by atoms with van der Waals surface area (Å²) < 4.78 is 0. The first-order chi connectivity index (χ1) is 6.15. The van der Waals surface area contributed by atoms with Gasteiger partial charge in [0.1, 0.15) is 0 Å². The van der Waals surface area contributed by atoms with Crippen LogP contribution in [-0.4, -0.2) is 7.05 Å². The summed E-state index contributed by atoms with van der Waals surface area (Å²) in [6.07, 6.45) is 6.85. The van der Waals surface area contributed by atoms with Crippen LogP contribution in [0.1, 0.15) is 13.3 Å². The third-order valence-corrected chi connectivity index (χ3v) is 2.18. The highest BCUT2D eigenvalue weighted by atomic mass is 35.5. The van der Waals surface area contributed by atoms with E-state index in [4.69, 9.17) is 11.6 Å². The molecule has 0 spiro atoms. The normalized spacial score (nSPS) is 16.7. The minimum absolute atomic E-state index is 0.795. The van der Waals surface area contributed by atoms with Crippen molar-refractivity contribution in [3.05, 3.63) is 46.7 Å². The molecule has 0 amide bonds. The van der Waals surface area contributed by atoms with Gasteiger partial charge in [-0.05, 0) is 24.1 Å². The largest absolute Gasteiger partial charge is 0.388 e. The lowest BCUT2D eigenvalue weighted by Crippen LogP contribution is -2.06. The van der Waals surface area contributed by atoms with Gasteiger partial charge in [-0.2, -0.15) is 0 Å². The smallest absolute Gasteiger partial charge is 0.0425 e. The lowest BCUT2D eigenvalue weighted by atomic mass is 10.1. The Morgan fingerprint density at radius 3 is 2.85 bits per heavy atom. The number of likely N-dealkylation sites (N-methyl/N-ethyl adjacent to an activating group) is 1. The molecule has 1 rings (SSSR count). The van der Waals surface area contributed by atoms with Crippen molar-refractivity contribution in [2.45, 2.75) is 13.3 Å². The molecule has 1 nitrogen and oxygen atoms in total. The molecular weight excluding hydrogens is 182 g/mol. The highest BCUT2D eigenvalue weighted by Crippen LogP contribution is 2.22. The van der Waals surface area contributed by atoms with Crippen LogP contribution in [0.25, 0.3) is 0 Å². The number of nitrogens with one attached hydrogen (secondary N) is 1. The zero-order valence-electron chi connectivity index (χ0n) is 8.02. The van der Waals surface area contributed by atoms with E-state index in [1.165, 1.54) is 0 Å². The molecule has 0 atom stereocenters. The Balaban J connectivity index is 3.15. The maximum absolute atomic E-state index is 5.97. The minimum Gasteiger partial charge on any atom is -0.388 e. The second-order valence-electron chi connectivity index (χ2n) is 3.06. The summed E-state index contributed by atoms with van der Waals surface area (Å²) in [6, 6.07) is 0. The number of allylic oxidation sites excluding steroid dienone is 6. The van der Waals surface area contributed by atoms with Gasteiger partial charge in [0.25, 0.3) is 0 Å². The molecule has 0 heterocycles. The molecule has 0 fully saturated rings. The monoisotopic (exact) mass is 195 g/mol. The molecule has 1 aliphatic rings. The average Bonchev–Trinajstić information content (AvgIpc) is 2.26. The van der Waals surface area contributed by atoms with Crippen LogP contribution in [0.4, 0.5) is 0 Å². The van der Waals surface area contributed by atoms with E-state index in [0.717, 1.165) is 28.3 Å². The van der Waals surface area contributed by atoms with Crippen molar-refractivity contribution < 1.29 is 0 Å². The predicted molar refractivity (Wildman–Crippen MR) is 58.6 cm³/mol. The van der Waals surface area contributed by atoms with E-state index in [1.807, 2.05) is 26.1 Å². The Bertz CT molecular complexity index is 308. The fourth-order valence-electron chi connectivity index (χ4n) is 1.25. The Kier molecular flexibility index (Phi) is 3.38. The van der Waals surface area contributed by atoms with E-state index in [2.05, 4.69) is 18.0 Å². The SMILES string of the molecule is C=C(C)C1=C(NC)C=C(Cl)CC=C1. The molecule has 0 saturated heterocycles. The van der Waals surface area contributed by atoms with E-state index >= 15 is 0 Å². The van der Waals surface area contributed by atoms with E-state index in [-0.39, 0.29) is 0 Å². The third-order valence-electron chi connectivity index (χ3n) is 1.92. The van der Waals surface area contributed by atoms with Crippen molar-refractivity contribution in [2.75, 3.05) is 7.05 Å². The van der Waals surface area contributed by atoms with Crippen molar-refractivity contribution in [1.82, 2.24) is 5.32 Å². The van der Waals surface area contributed by atoms with E-state index < -0.39 is 0 Å². The molecule has 0 radical (unpaired) electrons. The molecule has 0 saturated carbocycles. The molecule has 70 valence electrons. The first kappa shape index (κ1) is 10.1. The van der Waals surface area contributed by atoms with Gasteiger partial charge in [0.2, 0.25) is 0 Å². The molecular formula is C11H14ClN. The van der Waals surface area contributed by atoms with E-state index in [1.54, 1.807) is 0 Å². The van der Waals surface area contributed by atoms with Crippen LogP contribution in [0.2, 0.25) is 0 Å². The molecule has 0 bridgehead atoms. The lowest BCUT2D eigenvalue weighted by molar-refractivity contribution is 1.01. The van der Waals surface area contributed by atoms with Crippen LogP contribution in [0, 0.1) is 0 Å². The molecule has 1 N–H and O–H groups in total. The summed E-state index contributed by atoms with van der Waals surface area (Å²) >= 11 is 5.97. The molecule has 0 aromatic heterocycles. The van der Waals surface area contributed by atoms with Crippen LogP contribution in [0.3, 0.4) is 0 Å².